The van der Waals surface area contributed by atoms with Crippen molar-refractivity contribution in [2.24, 2.45) is 17.6 Å². The van der Waals surface area contributed by atoms with Gasteiger partial charge in [0.15, 0.2) is 0 Å². The van der Waals surface area contributed by atoms with E-state index in [1.807, 2.05) is 6.92 Å². The molecule has 0 aromatic rings. The van der Waals surface area contributed by atoms with E-state index in [4.69, 9.17) is 15.9 Å². The van der Waals surface area contributed by atoms with E-state index >= 15 is 0 Å². The summed E-state index contributed by atoms with van der Waals surface area (Å²) >= 11 is 0. The topological polar surface area (TPSA) is 130 Å². The van der Waals surface area contributed by atoms with Crippen LogP contribution >= 0.6 is 0 Å². The van der Waals surface area contributed by atoms with Gasteiger partial charge in [-0.1, -0.05) is 13.8 Å². The van der Waals surface area contributed by atoms with Crippen LogP contribution in [0.25, 0.3) is 0 Å². The monoisotopic (exact) mass is 316 g/mol. The molecule has 128 valence electrons. The zero-order valence-electron chi connectivity index (χ0n) is 13.4. The summed E-state index contributed by atoms with van der Waals surface area (Å²) in [4.78, 5) is 33.6. The van der Waals surface area contributed by atoms with Gasteiger partial charge in [0.1, 0.15) is 6.04 Å². The van der Waals surface area contributed by atoms with Crippen LogP contribution < -0.4 is 11.1 Å². The van der Waals surface area contributed by atoms with E-state index in [1.165, 1.54) is 0 Å². The highest BCUT2D eigenvalue weighted by Gasteiger charge is 2.24. The molecule has 0 aliphatic rings. The summed E-state index contributed by atoms with van der Waals surface area (Å²) in [5.41, 5.74) is 5.38. The van der Waals surface area contributed by atoms with Gasteiger partial charge in [0, 0.05) is 12.5 Å². The fourth-order valence-electron chi connectivity index (χ4n) is 2.21. The molecule has 7 nitrogen and oxygen atoms in total. The Bertz CT molecular complexity index is 373. The lowest BCUT2D eigenvalue weighted by Crippen LogP contribution is -2.34. The highest BCUT2D eigenvalue weighted by Crippen LogP contribution is 2.19. The SMILES string of the molecule is CCC(CC(CC)C(=O)NCCCC[C@H](N)C(=O)O)C(=O)O. The van der Waals surface area contributed by atoms with Crippen molar-refractivity contribution >= 4 is 17.8 Å². The third-order valence-electron chi connectivity index (χ3n) is 3.83. The molecule has 7 heteroatoms. The number of hydrogen-bond donors (Lipinski definition) is 4. The lowest BCUT2D eigenvalue weighted by Gasteiger charge is -2.18. The van der Waals surface area contributed by atoms with E-state index in [9.17, 15) is 14.4 Å². The second-order valence-corrected chi connectivity index (χ2v) is 5.52. The average Bonchev–Trinajstić information content (AvgIpc) is 2.47. The predicted octanol–water partition coefficient (Wildman–Crippen LogP) is 1.21. The van der Waals surface area contributed by atoms with Crippen LogP contribution in [0.15, 0.2) is 0 Å². The minimum absolute atomic E-state index is 0.135. The molecule has 0 aromatic heterocycles. The van der Waals surface area contributed by atoms with E-state index in [1.54, 1.807) is 6.92 Å². The summed E-state index contributed by atoms with van der Waals surface area (Å²) in [6, 6.07) is -0.861. The molecule has 0 saturated heterocycles. The number of rotatable bonds is 12. The van der Waals surface area contributed by atoms with Crippen molar-refractivity contribution in [3.8, 4) is 0 Å². The first kappa shape index (κ1) is 20.4. The first-order valence-corrected chi connectivity index (χ1v) is 7.82. The van der Waals surface area contributed by atoms with Crippen molar-refractivity contribution in [3.05, 3.63) is 0 Å². The van der Waals surface area contributed by atoms with Crippen molar-refractivity contribution in [2.45, 2.75) is 58.4 Å². The maximum absolute atomic E-state index is 12.0. The van der Waals surface area contributed by atoms with Gasteiger partial charge < -0.3 is 21.3 Å². The maximum Gasteiger partial charge on any atom is 0.320 e. The summed E-state index contributed by atoms with van der Waals surface area (Å²) in [7, 11) is 0. The van der Waals surface area contributed by atoms with Gasteiger partial charge in [-0.05, 0) is 38.5 Å². The zero-order chi connectivity index (χ0) is 17.1. The summed E-state index contributed by atoms with van der Waals surface area (Å²) in [6.45, 7) is 4.12. The minimum atomic E-state index is -1.02. The molecule has 1 amide bonds. The highest BCUT2D eigenvalue weighted by atomic mass is 16.4. The van der Waals surface area contributed by atoms with Crippen LogP contribution in [0.3, 0.4) is 0 Å². The molecule has 0 saturated carbocycles. The molecule has 0 rings (SSSR count). The van der Waals surface area contributed by atoms with Crippen LogP contribution in [-0.4, -0.2) is 40.6 Å². The Hall–Kier alpha value is -1.63. The highest BCUT2D eigenvalue weighted by molar-refractivity contribution is 5.79. The lowest BCUT2D eigenvalue weighted by molar-refractivity contribution is -0.143. The Morgan fingerprint density at radius 2 is 1.59 bits per heavy atom. The Balaban J connectivity index is 4.06. The van der Waals surface area contributed by atoms with E-state index in [0.29, 0.717) is 45.1 Å². The molecule has 5 N–H and O–H groups in total. The molecule has 0 heterocycles. The second kappa shape index (κ2) is 11.0. The lowest BCUT2D eigenvalue weighted by atomic mass is 9.90. The molecule has 0 spiro atoms. The smallest absolute Gasteiger partial charge is 0.320 e. The number of carbonyl (C=O) groups excluding carboxylic acids is 1. The fourth-order valence-corrected chi connectivity index (χ4v) is 2.21. The van der Waals surface area contributed by atoms with Crippen LogP contribution in [0.5, 0.6) is 0 Å². The minimum Gasteiger partial charge on any atom is -0.481 e. The molecular weight excluding hydrogens is 288 g/mol. The molecule has 0 aliphatic carbocycles. The molecule has 22 heavy (non-hydrogen) atoms. The summed E-state index contributed by atoms with van der Waals surface area (Å²) in [5, 5.41) is 20.5. The molecule has 0 bridgehead atoms. The standard InChI is InChI=1S/C15H28N2O5/c1-3-10(9-11(4-2)14(19)20)13(18)17-8-6-5-7-12(16)15(21)22/h10-12H,3-9,16H2,1-2H3,(H,17,18)(H,19,20)(H,21,22)/t10?,11?,12-/m0/s1. The second-order valence-electron chi connectivity index (χ2n) is 5.52. The maximum atomic E-state index is 12.0. The van der Waals surface area contributed by atoms with Gasteiger partial charge in [-0.25, -0.2) is 0 Å². The Morgan fingerprint density at radius 1 is 1.00 bits per heavy atom. The number of carbonyl (C=O) groups is 3. The van der Waals surface area contributed by atoms with Crippen LogP contribution in [0.2, 0.25) is 0 Å². The Labute approximate surface area is 131 Å². The van der Waals surface area contributed by atoms with E-state index < -0.39 is 23.9 Å². The molecule has 0 fully saturated rings. The number of unbranched alkanes of at least 4 members (excludes halogenated alkanes) is 1. The van der Waals surface area contributed by atoms with Crippen LogP contribution in [-0.2, 0) is 14.4 Å². The number of hydrogen-bond acceptors (Lipinski definition) is 4. The Morgan fingerprint density at radius 3 is 2.05 bits per heavy atom. The van der Waals surface area contributed by atoms with Crippen molar-refractivity contribution in [2.75, 3.05) is 6.54 Å². The van der Waals surface area contributed by atoms with E-state index in [-0.39, 0.29) is 11.8 Å². The van der Waals surface area contributed by atoms with Gasteiger partial charge in [-0.3, -0.25) is 14.4 Å². The third-order valence-corrected chi connectivity index (χ3v) is 3.83. The quantitative estimate of drug-likeness (QED) is 0.400. The third kappa shape index (κ3) is 7.97. The first-order valence-electron chi connectivity index (χ1n) is 7.82. The van der Waals surface area contributed by atoms with Crippen LogP contribution in [0.4, 0.5) is 0 Å². The van der Waals surface area contributed by atoms with E-state index in [0.717, 1.165) is 0 Å². The molecule has 0 radical (unpaired) electrons. The molecular formula is C15H28N2O5. The Kier molecular flexibility index (Phi) is 10.2. The van der Waals surface area contributed by atoms with Gasteiger partial charge in [0.25, 0.3) is 0 Å². The van der Waals surface area contributed by atoms with Crippen molar-refractivity contribution in [1.29, 1.82) is 0 Å². The first-order chi connectivity index (χ1) is 10.3. The van der Waals surface area contributed by atoms with Crippen molar-refractivity contribution in [1.82, 2.24) is 5.32 Å². The van der Waals surface area contributed by atoms with Gasteiger partial charge in [-0.15, -0.1) is 0 Å². The van der Waals surface area contributed by atoms with Crippen LogP contribution in [0.1, 0.15) is 52.4 Å². The number of carboxylic acid groups (broad SMARTS) is 2. The zero-order valence-corrected chi connectivity index (χ0v) is 13.4. The fraction of sp³-hybridized carbons (Fsp3) is 0.800. The largest absolute Gasteiger partial charge is 0.481 e. The normalized spacial score (nSPS) is 14.9. The number of nitrogens with one attached hydrogen (secondary N) is 1. The summed E-state index contributed by atoms with van der Waals surface area (Å²) < 4.78 is 0. The number of nitrogens with two attached hydrogens (primary N) is 1. The molecule has 0 aromatic carbocycles. The predicted molar refractivity (Wildman–Crippen MR) is 82.3 cm³/mol. The summed E-state index contributed by atoms with van der Waals surface area (Å²) in [5.74, 6) is -2.82. The van der Waals surface area contributed by atoms with Gasteiger partial charge in [-0.2, -0.15) is 0 Å². The van der Waals surface area contributed by atoms with E-state index in [2.05, 4.69) is 5.32 Å². The van der Waals surface area contributed by atoms with Gasteiger partial charge in [0.05, 0.1) is 5.92 Å². The molecule has 3 atom stereocenters. The van der Waals surface area contributed by atoms with Gasteiger partial charge in [0.2, 0.25) is 5.91 Å². The number of aliphatic carboxylic acids is 2. The van der Waals surface area contributed by atoms with Crippen LogP contribution in [0, 0.1) is 11.8 Å². The van der Waals surface area contributed by atoms with Gasteiger partial charge >= 0.3 is 11.9 Å². The number of amides is 1. The molecule has 2 unspecified atom stereocenters. The summed E-state index contributed by atoms with van der Waals surface area (Å²) in [6.07, 6.45) is 3.10. The number of carboxylic acids is 2. The van der Waals surface area contributed by atoms with Crippen molar-refractivity contribution < 1.29 is 24.6 Å². The van der Waals surface area contributed by atoms with Crippen molar-refractivity contribution in [3.63, 3.8) is 0 Å². The average molecular weight is 316 g/mol. The molecule has 0 aliphatic heterocycles.